The predicted molar refractivity (Wildman–Crippen MR) is 203 cm³/mol. The Bertz CT molecular complexity index is 2800. The Morgan fingerprint density at radius 2 is 0.959 bits per heavy atom. The fraction of sp³-hybridized carbons (Fsp3) is 0.0213. The first-order chi connectivity index (χ1) is 24.3. The third-order valence-corrected chi connectivity index (χ3v) is 10.0. The molecule has 0 amide bonds. The van der Waals surface area contributed by atoms with Crippen molar-refractivity contribution >= 4 is 54.6 Å². The SMILES string of the molecule is c1ccc(-c2ccc(C(c3ccccc3)c3cccc4oc5c6ccccc6c(-c6ccc7c(c6)oc6ccccc67)cc5c34)cc2)cc1. The summed E-state index contributed by atoms with van der Waals surface area (Å²) in [5, 5.41) is 6.79. The van der Waals surface area contributed by atoms with E-state index in [4.69, 9.17) is 8.83 Å². The van der Waals surface area contributed by atoms with E-state index in [0.717, 1.165) is 65.8 Å². The zero-order valence-electron chi connectivity index (χ0n) is 26.6. The van der Waals surface area contributed by atoms with Crippen LogP contribution in [0.3, 0.4) is 0 Å². The number of benzene rings is 8. The Morgan fingerprint density at radius 1 is 0.347 bits per heavy atom. The lowest BCUT2D eigenvalue weighted by Gasteiger charge is -2.20. The zero-order valence-corrected chi connectivity index (χ0v) is 26.6. The van der Waals surface area contributed by atoms with E-state index in [2.05, 4.69) is 164 Å². The van der Waals surface area contributed by atoms with Crippen LogP contribution in [-0.4, -0.2) is 0 Å². The Balaban J connectivity index is 1.22. The van der Waals surface area contributed by atoms with E-state index in [1.165, 1.54) is 27.8 Å². The molecule has 10 aromatic rings. The van der Waals surface area contributed by atoms with E-state index < -0.39 is 0 Å². The van der Waals surface area contributed by atoms with Crippen LogP contribution in [0.25, 0.3) is 76.9 Å². The second kappa shape index (κ2) is 11.1. The summed E-state index contributed by atoms with van der Waals surface area (Å²) in [5.74, 6) is 0.0114. The molecule has 0 fully saturated rings. The number of hydrogen-bond acceptors (Lipinski definition) is 2. The van der Waals surface area contributed by atoms with Crippen LogP contribution in [-0.2, 0) is 0 Å². The van der Waals surface area contributed by atoms with Crippen LogP contribution in [0, 0.1) is 0 Å². The van der Waals surface area contributed by atoms with Crippen LogP contribution in [0.1, 0.15) is 22.6 Å². The van der Waals surface area contributed by atoms with Crippen molar-refractivity contribution < 1.29 is 8.83 Å². The lowest BCUT2D eigenvalue weighted by molar-refractivity contribution is 0.669. The van der Waals surface area contributed by atoms with Crippen LogP contribution in [0.4, 0.5) is 0 Å². The molecule has 0 saturated carbocycles. The normalized spacial score (nSPS) is 12.4. The van der Waals surface area contributed by atoms with Crippen molar-refractivity contribution in [3.05, 3.63) is 193 Å². The number of para-hydroxylation sites is 1. The lowest BCUT2D eigenvalue weighted by atomic mass is 9.82. The van der Waals surface area contributed by atoms with Gasteiger partial charge in [-0.2, -0.15) is 0 Å². The molecule has 0 aliphatic rings. The maximum absolute atomic E-state index is 6.79. The highest BCUT2D eigenvalue weighted by Gasteiger charge is 2.24. The van der Waals surface area contributed by atoms with Crippen molar-refractivity contribution in [2.24, 2.45) is 0 Å². The van der Waals surface area contributed by atoms with E-state index in [1.807, 2.05) is 12.1 Å². The highest BCUT2D eigenvalue weighted by Crippen LogP contribution is 2.45. The van der Waals surface area contributed by atoms with E-state index >= 15 is 0 Å². The molecule has 49 heavy (non-hydrogen) atoms. The van der Waals surface area contributed by atoms with E-state index in [1.54, 1.807) is 0 Å². The van der Waals surface area contributed by atoms with Crippen molar-refractivity contribution in [2.75, 3.05) is 0 Å². The maximum atomic E-state index is 6.79. The van der Waals surface area contributed by atoms with Gasteiger partial charge in [0.1, 0.15) is 22.3 Å². The first kappa shape index (κ1) is 27.7. The number of hydrogen-bond donors (Lipinski definition) is 0. The average molecular weight is 627 g/mol. The average Bonchev–Trinajstić information content (AvgIpc) is 3.74. The molecule has 2 heteroatoms. The third kappa shape index (κ3) is 4.49. The molecular formula is C47H30O2. The van der Waals surface area contributed by atoms with Gasteiger partial charge in [0.2, 0.25) is 0 Å². The summed E-state index contributed by atoms with van der Waals surface area (Å²) in [4.78, 5) is 0. The molecule has 0 bridgehead atoms. The number of rotatable bonds is 5. The van der Waals surface area contributed by atoms with Gasteiger partial charge in [0.15, 0.2) is 0 Å². The van der Waals surface area contributed by atoms with Gasteiger partial charge in [-0.3, -0.25) is 0 Å². The Labute approximate surface area is 283 Å². The van der Waals surface area contributed by atoms with Crippen molar-refractivity contribution in [1.82, 2.24) is 0 Å². The standard InChI is InChI=1S/C47H30O2/c1-3-12-30(13-4-1)31-22-24-33(25-23-31)45(32-14-5-2-6-15-32)39-19-11-21-43-46(39)41-29-40(35-16-7-8-18-38(35)47(41)49-43)34-26-27-37-36-17-9-10-20-42(36)48-44(37)28-34/h1-29,45H. The highest BCUT2D eigenvalue weighted by molar-refractivity contribution is 6.20. The van der Waals surface area contributed by atoms with Gasteiger partial charge in [-0.25, -0.2) is 0 Å². The summed E-state index contributed by atoms with van der Waals surface area (Å²) in [6.45, 7) is 0. The molecule has 0 N–H and O–H groups in total. The largest absolute Gasteiger partial charge is 0.456 e. The minimum atomic E-state index is 0.0114. The Hall–Kier alpha value is -6.38. The molecule has 2 heterocycles. The van der Waals surface area contributed by atoms with E-state index in [-0.39, 0.29) is 5.92 Å². The number of fused-ring (bicyclic) bond motifs is 8. The van der Waals surface area contributed by atoms with Gasteiger partial charge in [0.05, 0.1) is 0 Å². The van der Waals surface area contributed by atoms with Crippen molar-refractivity contribution in [3.63, 3.8) is 0 Å². The van der Waals surface area contributed by atoms with Gasteiger partial charge in [0.25, 0.3) is 0 Å². The smallest absolute Gasteiger partial charge is 0.143 e. The second-order valence-electron chi connectivity index (χ2n) is 12.8. The zero-order chi connectivity index (χ0) is 32.3. The van der Waals surface area contributed by atoms with E-state index in [0.29, 0.717) is 0 Å². The van der Waals surface area contributed by atoms with Crippen LogP contribution in [0.15, 0.2) is 185 Å². The summed E-state index contributed by atoms with van der Waals surface area (Å²) in [5.41, 5.74) is 12.0. The van der Waals surface area contributed by atoms with Crippen molar-refractivity contribution in [2.45, 2.75) is 5.92 Å². The van der Waals surface area contributed by atoms with Gasteiger partial charge in [-0.1, -0.05) is 146 Å². The van der Waals surface area contributed by atoms with E-state index in [9.17, 15) is 0 Å². The summed E-state index contributed by atoms with van der Waals surface area (Å²) in [7, 11) is 0. The molecule has 0 aliphatic heterocycles. The Morgan fingerprint density at radius 3 is 1.78 bits per heavy atom. The van der Waals surface area contributed by atoms with Crippen LogP contribution >= 0.6 is 0 Å². The Kier molecular flexibility index (Phi) is 6.28. The minimum Gasteiger partial charge on any atom is -0.456 e. The molecule has 0 radical (unpaired) electrons. The highest BCUT2D eigenvalue weighted by atomic mass is 16.3. The number of furan rings is 2. The molecule has 8 aromatic carbocycles. The summed E-state index contributed by atoms with van der Waals surface area (Å²) >= 11 is 0. The second-order valence-corrected chi connectivity index (χ2v) is 12.8. The molecule has 1 unspecified atom stereocenters. The summed E-state index contributed by atoms with van der Waals surface area (Å²) < 4.78 is 13.1. The monoisotopic (exact) mass is 626 g/mol. The molecule has 230 valence electrons. The first-order valence-corrected chi connectivity index (χ1v) is 16.8. The fourth-order valence-electron chi connectivity index (χ4n) is 7.74. The van der Waals surface area contributed by atoms with Gasteiger partial charge in [-0.15, -0.1) is 0 Å². The van der Waals surface area contributed by atoms with Crippen LogP contribution in [0.2, 0.25) is 0 Å². The first-order valence-electron chi connectivity index (χ1n) is 16.8. The third-order valence-electron chi connectivity index (χ3n) is 10.0. The summed E-state index contributed by atoms with van der Waals surface area (Å²) in [6.07, 6.45) is 0. The van der Waals surface area contributed by atoms with Crippen molar-refractivity contribution in [3.8, 4) is 22.3 Å². The minimum absolute atomic E-state index is 0.0114. The van der Waals surface area contributed by atoms with Crippen LogP contribution < -0.4 is 0 Å². The topological polar surface area (TPSA) is 26.3 Å². The molecule has 2 aromatic heterocycles. The molecule has 0 saturated heterocycles. The molecule has 1 atom stereocenters. The molecule has 0 spiro atoms. The molecule has 10 rings (SSSR count). The van der Waals surface area contributed by atoms with Gasteiger partial charge < -0.3 is 8.83 Å². The molecule has 2 nitrogen and oxygen atoms in total. The fourth-order valence-corrected chi connectivity index (χ4v) is 7.74. The maximum Gasteiger partial charge on any atom is 0.143 e. The van der Waals surface area contributed by atoms with Crippen LogP contribution in [0.5, 0.6) is 0 Å². The van der Waals surface area contributed by atoms with Crippen molar-refractivity contribution in [1.29, 1.82) is 0 Å². The van der Waals surface area contributed by atoms with Gasteiger partial charge in [-0.05, 0) is 74.7 Å². The lowest BCUT2D eigenvalue weighted by Crippen LogP contribution is -2.04. The summed E-state index contributed by atoms with van der Waals surface area (Å²) in [6, 6.07) is 62.7. The predicted octanol–water partition coefficient (Wildman–Crippen LogP) is 13.2. The molecule has 0 aliphatic carbocycles. The van der Waals surface area contributed by atoms with Gasteiger partial charge in [0, 0.05) is 32.8 Å². The molecular weight excluding hydrogens is 597 g/mol. The quantitative estimate of drug-likeness (QED) is 0.178. The van der Waals surface area contributed by atoms with Gasteiger partial charge >= 0.3 is 0 Å².